The van der Waals surface area contributed by atoms with Crippen molar-refractivity contribution in [3.8, 4) is 0 Å². The minimum absolute atomic E-state index is 0.0767. The molecule has 2 rings (SSSR count). The zero-order valence-electron chi connectivity index (χ0n) is 11.4. The minimum Gasteiger partial charge on any atom is -0.389 e. The number of aliphatic hydroxyl groups excluding tert-OH is 1. The first-order valence-corrected chi connectivity index (χ1v) is 6.70. The molecule has 1 atom stereocenters. The Morgan fingerprint density at radius 2 is 2.05 bits per heavy atom. The molecule has 0 aromatic heterocycles. The first kappa shape index (κ1) is 13.8. The van der Waals surface area contributed by atoms with Crippen LogP contribution in [0.5, 0.6) is 0 Å². The van der Waals surface area contributed by atoms with E-state index in [1.54, 1.807) is 19.1 Å². The number of nitro groups is 1. The average molecular weight is 264 g/mol. The maximum atomic E-state index is 11.2. The fourth-order valence-corrected chi connectivity index (χ4v) is 2.73. The van der Waals surface area contributed by atoms with Crippen molar-refractivity contribution >= 4 is 11.4 Å². The van der Waals surface area contributed by atoms with Crippen molar-refractivity contribution in [3.63, 3.8) is 0 Å². The predicted molar refractivity (Wildman–Crippen MR) is 74.4 cm³/mol. The van der Waals surface area contributed by atoms with Gasteiger partial charge in [0, 0.05) is 19.2 Å². The fourth-order valence-electron chi connectivity index (χ4n) is 2.73. The summed E-state index contributed by atoms with van der Waals surface area (Å²) in [4.78, 5) is 12.9. The Balaban J connectivity index is 2.35. The fraction of sp³-hybridized carbons (Fsp3) is 0.571. The van der Waals surface area contributed by atoms with Crippen molar-refractivity contribution in [3.05, 3.63) is 33.9 Å². The van der Waals surface area contributed by atoms with Crippen molar-refractivity contribution in [2.45, 2.75) is 44.8 Å². The highest BCUT2D eigenvalue weighted by molar-refractivity contribution is 5.64. The number of anilines is 1. The van der Waals surface area contributed by atoms with Gasteiger partial charge in [0.1, 0.15) is 5.69 Å². The van der Waals surface area contributed by atoms with Crippen LogP contribution in [-0.2, 0) is 0 Å². The minimum atomic E-state index is -0.690. The first-order chi connectivity index (χ1) is 9.00. The summed E-state index contributed by atoms with van der Waals surface area (Å²) in [6.45, 7) is 1.61. The molecule has 5 nitrogen and oxygen atoms in total. The molecule has 0 saturated heterocycles. The van der Waals surface area contributed by atoms with Gasteiger partial charge in [-0.05, 0) is 31.4 Å². The number of benzene rings is 1. The molecule has 5 heteroatoms. The van der Waals surface area contributed by atoms with Crippen LogP contribution in [0, 0.1) is 10.1 Å². The highest BCUT2D eigenvalue weighted by atomic mass is 16.6. The Morgan fingerprint density at radius 1 is 1.42 bits per heavy atom. The predicted octanol–water partition coefficient (Wildman–Crippen LogP) is 3.03. The standard InChI is InChI=1S/C14H20N2O3/c1-10(17)11-7-8-13(14(9-11)16(18)19)15(2)12-5-3-4-6-12/h7-10,12,17H,3-6H2,1-2H3/t10-/m0/s1. The molecule has 0 spiro atoms. The summed E-state index contributed by atoms with van der Waals surface area (Å²) in [7, 11) is 1.92. The molecular formula is C14H20N2O3. The summed E-state index contributed by atoms with van der Waals surface area (Å²) in [5.74, 6) is 0. The molecule has 0 amide bonds. The van der Waals surface area contributed by atoms with Crippen molar-refractivity contribution in [1.29, 1.82) is 0 Å². The molecule has 1 fully saturated rings. The number of hydrogen-bond acceptors (Lipinski definition) is 4. The summed E-state index contributed by atoms with van der Waals surface area (Å²) in [6, 6.07) is 5.37. The lowest BCUT2D eigenvalue weighted by atomic mass is 10.1. The van der Waals surface area contributed by atoms with Crippen molar-refractivity contribution in [2.24, 2.45) is 0 Å². The van der Waals surface area contributed by atoms with Crippen LogP contribution in [0.1, 0.15) is 44.3 Å². The quantitative estimate of drug-likeness (QED) is 0.670. The first-order valence-electron chi connectivity index (χ1n) is 6.70. The second-order valence-corrected chi connectivity index (χ2v) is 5.23. The molecule has 0 aliphatic heterocycles. The number of hydrogen-bond donors (Lipinski definition) is 1. The third-order valence-corrected chi connectivity index (χ3v) is 3.93. The van der Waals surface area contributed by atoms with Crippen LogP contribution in [0.15, 0.2) is 18.2 Å². The van der Waals surface area contributed by atoms with Gasteiger partial charge < -0.3 is 10.0 Å². The molecule has 1 saturated carbocycles. The zero-order chi connectivity index (χ0) is 14.0. The van der Waals surface area contributed by atoms with E-state index >= 15 is 0 Å². The van der Waals surface area contributed by atoms with Gasteiger partial charge in [0.05, 0.1) is 11.0 Å². The van der Waals surface area contributed by atoms with E-state index in [2.05, 4.69) is 0 Å². The van der Waals surface area contributed by atoms with Gasteiger partial charge in [-0.1, -0.05) is 18.9 Å². The van der Waals surface area contributed by atoms with Gasteiger partial charge in [-0.2, -0.15) is 0 Å². The third-order valence-electron chi connectivity index (χ3n) is 3.93. The maximum Gasteiger partial charge on any atom is 0.292 e. The van der Waals surface area contributed by atoms with Gasteiger partial charge in [0.2, 0.25) is 0 Å². The highest BCUT2D eigenvalue weighted by Crippen LogP contribution is 2.34. The summed E-state index contributed by atoms with van der Waals surface area (Å²) in [5.41, 5.74) is 1.30. The van der Waals surface area contributed by atoms with Gasteiger partial charge in [-0.3, -0.25) is 10.1 Å². The molecule has 0 heterocycles. The number of nitro benzene ring substituents is 1. The van der Waals surface area contributed by atoms with Crippen LogP contribution in [0.2, 0.25) is 0 Å². The Morgan fingerprint density at radius 3 is 2.58 bits per heavy atom. The molecule has 0 radical (unpaired) electrons. The Hall–Kier alpha value is -1.62. The Bertz CT molecular complexity index is 468. The largest absolute Gasteiger partial charge is 0.389 e. The van der Waals surface area contributed by atoms with Crippen LogP contribution >= 0.6 is 0 Å². The maximum absolute atomic E-state index is 11.2. The molecule has 1 N–H and O–H groups in total. The van der Waals surface area contributed by atoms with E-state index in [1.165, 1.54) is 18.9 Å². The summed E-state index contributed by atoms with van der Waals surface area (Å²) in [6.07, 6.45) is 3.87. The van der Waals surface area contributed by atoms with E-state index in [1.807, 2.05) is 11.9 Å². The lowest BCUT2D eigenvalue weighted by molar-refractivity contribution is -0.384. The number of aliphatic hydroxyl groups is 1. The molecule has 1 aliphatic carbocycles. The second-order valence-electron chi connectivity index (χ2n) is 5.23. The summed E-state index contributed by atoms with van der Waals surface area (Å²) >= 11 is 0. The molecule has 1 aliphatic rings. The topological polar surface area (TPSA) is 66.6 Å². The summed E-state index contributed by atoms with van der Waals surface area (Å²) in [5, 5.41) is 20.7. The van der Waals surface area contributed by atoms with Crippen LogP contribution in [0.4, 0.5) is 11.4 Å². The molecule has 1 aromatic rings. The average Bonchev–Trinajstić information content (AvgIpc) is 2.90. The van der Waals surface area contributed by atoms with Crippen LogP contribution in [0.25, 0.3) is 0 Å². The van der Waals surface area contributed by atoms with Crippen LogP contribution < -0.4 is 4.90 Å². The van der Waals surface area contributed by atoms with E-state index < -0.39 is 6.10 Å². The van der Waals surface area contributed by atoms with Crippen LogP contribution in [0.3, 0.4) is 0 Å². The van der Waals surface area contributed by atoms with E-state index in [-0.39, 0.29) is 10.6 Å². The van der Waals surface area contributed by atoms with E-state index in [0.717, 1.165) is 12.8 Å². The molecule has 19 heavy (non-hydrogen) atoms. The van der Waals surface area contributed by atoms with Crippen molar-refractivity contribution < 1.29 is 10.0 Å². The molecule has 0 bridgehead atoms. The molecular weight excluding hydrogens is 244 g/mol. The lowest BCUT2D eigenvalue weighted by Crippen LogP contribution is -2.29. The van der Waals surface area contributed by atoms with Gasteiger partial charge >= 0.3 is 0 Å². The van der Waals surface area contributed by atoms with Crippen molar-refractivity contribution in [1.82, 2.24) is 0 Å². The molecule has 104 valence electrons. The third kappa shape index (κ3) is 2.87. The smallest absolute Gasteiger partial charge is 0.292 e. The Kier molecular flexibility index (Phi) is 4.04. The SMILES string of the molecule is C[C@H](O)c1ccc(N(C)C2CCCC2)c([N+](=O)[O-])c1. The zero-order valence-corrected chi connectivity index (χ0v) is 11.4. The van der Waals surface area contributed by atoms with Gasteiger partial charge in [0.15, 0.2) is 0 Å². The number of rotatable bonds is 4. The van der Waals surface area contributed by atoms with Gasteiger partial charge in [-0.15, -0.1) is 0 Å². The van der Waals surface area contributed by atoms with Crippen LogP contribution in [-0.4, -0.2) is 23.1 Å². The number of nitrogens with zero attached hydrogens (tertiary/aromatic N) is 2. The normalized spacial score (nSPS) is 17.4. The summed E-state index contributed by atoms with van der Waals surface area (Å²) < 4.78 is 0. The van der Waals surface area contributed by atoms with Crippen molar-refractivity contribution in [2.75, 3.05) is 11.9 Å². The van der Waals surface area contributed by atoms with E-state index in [9.17, 15) is 15.2 Å². The van der Waals surface area contributed by atoms with Gasteiger partial charge in [-0.25, -0.2) is 0 Å². The Labute approximate surface area is 113 Å². The van der Waals surface area contributed by atoms with E-state index in [4.69, 9.17) is 0 Å². The monoisotopic (exact) mass is 264 g/mol. The van der Waals surface area contributed by atoms with Gasteiger partial charge in [0.25, 0.3) is 5.69 Å². The van der Waals surface area contributed by atoms with E-state index in [0.29, 0.717) is 17.3 Å². The highest BCUT2D eigenvalue weighted by Gasteiger charge is 2.25. The lowest BCUT2D eigenvalue weighted by Gasteiger charge is -2.26. The molecule has 0 unspecified atom stereocenters. The molecule has 1 aromatic carbocycles. The second kappa shape index (κ2) is 5.57.